The number of thioether (sulfide) groups is 1. The van der Waals surface area contributed by atoms with Crippen LogP contribution in [0.4, 0.5) is 5.69 Å². The summed E-state index contributed by atoms with van der Waals surface area (Å²) in [5.74, 6) is 2.34. The Morgan fingerprint density at radius 2 is 1.78 bits per heavy atom. The number of nitrogens with zero attached hydrogens (tertiary/aromatic N) is 3. The van der Waals surface area contributed by atoms with Gasteiger partial charge in [-0.3, -0.25) is 9.36 Å². The number of aromatic nitrogens is 3. The van der Waals surface area contributed by atoms with Crippen molar-refractivity contribution in [3.05, 3.63) is 83.6 Å². The summed E-state index contributed by atoms with van der Waals surface area (Å²) in [7, 11) is 3.14. The van der Waals surface area contributed by atoms with Gasteiger partial charge >= 0.3 is 0 Å². The Balaban J connectivity index is 1.54. The number of para-hydroxylation sites is 1. The van der Waals surface area contributed by atoms with E-state index in [0.29, 0.717) is 38.9 Å². The molecule has 8 nitrogen and oxygen atoms in total. The Labute approximate surface area is 218 Å². The number of hydrogen-bond acceptors (Lipinski definition) is 7. The molecule has 1 amide bonds. The van der Waals surface area contributed by atoms with Crippen molar-refractivity contribution in [1.82, 2.24) is 14.8 Å². The Kier molecular flexibility index (Phi) is 8.35. The number of methoxy groups -OCH3 is 2. The van der Waals surface area contributed by atoms with Crippen LogP contribution in [0.15, 0.2) is 78.0 Å². The van der Waals surface area contributed by atoms with Crippen molar-refractivity contribution in [2.24, 2.45) is 0 Å². The molecule has 10 heteroatoms. The number of halogens is 1. The molecule has 0 spiro atoms. The number of ether oxygens (including phenoxy) is 3. The molecule has 0 bridgehead atoms. The van der Waals surface area contributed by atoms with Crippen LogP contribution < -0.4 is 19.5 Å². The predicted molar refractivity (Wildman–Crippen MR) is 141 cm³/mol. The number of nitrogens with one attached hydrogen (secondary N) is 1. The first-order chi connectivity index (χ1) is 17.5. The van der Waals surface area contributed by atoms with E-state index in [1.807, 2.05) is 66.1 Å². The second kappa shape index (κ2) is 11.8. The fraction of sp³-hybridized carbons (Fsp3) is 0.192. The van der Waals surface area contributed by atoms with Crippen LogP contribution in [0.25, 0.3) is 5.69 Å². The average molecular weight is 525 g/mol. The number of anilines is 1. The Morgan fingerprint density at radius 3 is 2.53 bits per heavy atom. The van der Waals surface area contributed by atoms with Crippen molar-refractivity contribution in [3.8, 4) is 22.9 Å². The van der Waals surface area contributed by atoms with Gasteiger partial charge < -0.3 is 19.5 Å². The molecule has 1 aromatic heterocycles. The third-order valence-electron chi connectivity index (χ3n) is 5.16. The topological polar surface area (TPSA) is 87.5 Å². The van der Waals surface area contributed by atoms with E-state index in [9.17, 15) is 4.79 Å². The van der Waals surface area contributed by atoms with Gasteiger partial charge in [0.2, 0.25) is 5.91 Å². The van der Waals surface area contributed by atoms with Crippen LogP contribution >= 0.6 is 23.4 Å². The zero-order valence-electron chi connectivity index (χ0n) is 20.0. The molecule has 0 aliphatic rings. The Hall–Kier alpha value is -3.69. The van der Waals surface area contributed by atoms with Gasteiger partial charge in [0.25, 0.3) is 0 Å². The zero-order valence-corrected chi connectivity index (χ0v) is 21.5. The van der Waals surface area contributed by atoms with Gasteiger partial charge in [-0.2, -0.15) is 0 Å². The van der Waals surface area contributed by atoms with Crippen molar-refractivity contribution in [2.75, 3.05) is 25.3 Å². The molecule has 186 valence electrons. The van der Waals surface area contributed by atoms with E-state index < -0.39 is 6.10 Å². The summed E-state index contributed by atoms with van der Waals surface area (Å²) in [5.41, 5.74) is 1.36. The average Bonchev–Trinajstić information content (AvgIpc) is 3.32. The molecule has 0 aliphatic carbocycles. The summed E-state index contributed by atoms with van der Waals surface area (Å²) in [6.45, 7) is 1.90. The smallest absolute Gasteiger partial charge is 0.234 e. The van der Waals surface area contributed by atoms with Gasteiger partial charge in [0.05, 0.1) is 25.7 Å². The molecular weight excluding hydrogens is 500 g/mol. The lowest BCUT2D eigenvalue weighted by Crippen LogP contribution is -2.16. The van der Waals surface area contributed by atoms with Crippen LogP contribution in [0.5, 0.6) is 17.2 Å². The molecule has 1 N–H and O–H groups in total. The summed E-state index contributed by atoms with van der Waals surface area (Å²) in [6.07, 6.45) is -0.427. The minimum atomic E-state index is -0.427. The summed E-state index contributed by atoms with van der Waals surface area (Å²) in [5, 5.41) is 12.7. The molecular formula is C26H25ClN4O4S. The first-order valence-electron chi connectivity index (χ1n) is 11.1. The maximum atomic E-state index is 12.7. The van der Waals surface area contributed by atoms with Crippen molar-refractivity contribution < 1.29 is 19.0 Å². The number of amides is 1. The molecule has 36 heavy (non-hydrogen) atoms. The first-order valence-corrected chi connectivity index (χ1v) is 12.4. The Bertz CT molecular complexity index is 1330. The van der Waals surface area contributed by atoms with E-state index in [0.717, 1.165) is 5.69 Å². The van der Waals surface area contributed by atoms with Crippen LogP contribution in [0, 0.1) is 0 Å². The van der Waals surface area contributed by atoms with Crippen molar-refractivity contribution >= 4 is 35.0 Å². The molecule has 3 aromatic carbocycles. The molecule has 0 saturated carbocycles. The van der Waals surface area contributed by atoms with Gasteiger partial charge in [-0.1, -0.05) is 47.6 Å². The molecule has 0 radical (unpaired) electrons. The van der Waals surface area contributed by atoms with E-state index in [-0.39, 0.29) is 11.7 Å². The minimum Gasteiger partial charge on any atom is -0.497 e. The fourth-order valence-corrected chi connectivity index (χ4v) is 4.41. The van der Waals surface area contributed by atoms with Crippen LogP contribution in [0.3, 0.4) is 0 Å². The monoisotopic (exact) mass is 524 g/mol. The lowest BCUT2D eigenvalue weighted by Gasteiger charge is -2.17. The molecule has 1 heterocycles. The second-order valence-corrected chi connectivity index (χ2v) is 9.01. The molecule has 1 atom stereocenters. The van der Waals surface area contributed by atoms with Crippen LogP contribution in [-0.2, 0) is 4.79 Å². The normalized spacial score (nSPS) is 11.6. The minimum absolute atomic E-state index is 0.103. The number of hydrogen-bond donors (Lipinski definition) is 1. The quantitative estimate of drug-likeness (QED) is 0.262. The van der Waals surface area contributed by atoms with Crippen molar-refractivity contribution in [2.45, 2.75) is 18.2 Å². The van der Waals surface area contributed by atoms with Gasteiger partial charge in [-0.05, 0) is 49.4 Å². The Morgan fingerprint density at radius 1 is 1.00 bits per heavy atom. The van der Waals surface area contributed by atoms with E-state index in [4.69, 9.17) is 25.8 Å². The number of carbonyl (C=O) groups is 1. The zero-order chi connectivity index (χ0) is 25.5. The fourth-order valence-electron chi connectivity index (χ4n) is 3.48. The lowest BCUT2D eigenvalue weighted by atomic mass is 10.3. The molecule has 0 aliphatic heterocycles. The highest BCUT2D eigenvalue weighted by Gasteiger charge is 2.22. The number of rotatable bonds is 10. The molecule has 1 unspecified atom stereocenters. The van der Waals surface area contributed by atoms with Crippen LogP contribution in [-0.4, -0.2) is 40.6 Å². The van der Waals surface area contributed by atoms with Gasteiger partial charge in [0, 0.05) is 16.8 Å². The summed E-state index contributed by atoms with van der Waals surface area (Å²) < 4.78 is 18.6. The van der Waals surface area contributed by atoms with Gasteiger partial charge in [-0.15, -0.1) is 10.2 Å². The second-order valence-electron chi connectivity index (χ2n) is 7.63. The van der Waals surface area contributed by atoms with Gasteiger partial charge in [0.1, 0.15) is 17.2 Å². The predicted octanol–water partition coefficient (Wildman–Crippen LogP) is 5.81. The third kappa shape index (κ3) is 6.10. The number of benzene rings is 3. The molecule has 4 aromatic rings. The third-order valence-corrected chi connectivity index (χ3v) is 6.32. The summed E-state index contributed by atoms with van der Waals surface area (Å²) in [6, 6.07) is 22.1. The summed E-state index contributed by atoms with van der Waals surface area (Å²) in [4.78, 5) is 12.7. The number of carbonyl (C=O) groups excluding carboxylic acids is 1. The van der Waals surface area contributed by atoms with E-state index in [1.54, 1.807) is 25.3 Å². The standard InChI is InChI=1S/C26H25ClN4O4S/c1-17(35-21-11-7-10-20(15-21)33-2)25-29-30-26(31(25)19-8-5-4-6-9-19)36-16-24(32)28-22-14-18(27)12-13-23(22)34-3/h4-15,17H,16H2,1-3H3,(H,28,32). The maximum absolute atomic E-state index is 12.7. The SMILES string of the molecule is COc1cccc(OC(C)c2nnc(SCC(=O)Nc3cc(Cl)ccc3OC)n2-c2ccccc2)c1. The summed E-state index contributed by atoms with van der Waals surface area (Å²) >= 11 is 7.34. The van der Waals surface area contributed by atoms with E-state index in [2.05, 4.69) is 15.5 Å². The van der Waals surface area contributed by atoms with Crippen molar-refractivity contribution in [1.29, 1.82) is 0 Å². The first kappa shape index (κ1) is 25.4. The van der Waals surface area contributed by atoms with Crippen LogP contribution in [0.1, 0.15) is 18.9 Å². The molecule has 4 rings (SSSR count). The molecule has 0 saturated heterocycles. The highest BCUT2D eigenvalue weighted by atomic mass is 35.5. The molecule has 0 fully saturated rings. The van der Waals surface area contributed by atoms with Crippen molar-refractivity contribution in [3.63, 3.8) is 0 Å². The van der Waals surface area contributed by atoms with Gasteiger partial charge in [-0.25, -0.2) is 0 Å². The highest BCUT2D eigenvalue weighted by molar-refractivity contribution is 7.99. The van der Waals surface area contributed by atoms with Crippen LogP contribution in [0.2, 0.25) is 5.02 Å². The van der Waals surface area contributed by atoms with Gasteiger partial charge in [0.15, 0.2) is 17.1 Å². The van der Waals surface area contributed by atoms with E-state index >= 15 is 0 Å². The maximum Gasteiger partial charge on any atom is 0.234 e. The lowest BCUT2D eigenvalue weighted by molar-refractivity contribution is -0.113. The largest absolute Gasteiger partial charge is 0.497 e. The van der Waals surface area contributed by atoms with E-state index in [1.165, 1.54) is 18.9 Å². The highest BCUT2D eigenvalue weighted by Crippen LogP contribution is 2.30.